The number of aromatic nitrogens is 4. The minimum absolute atomic E-state index is 0.00479. The number of methoxy groups -OCH3 is 1. The maximum atomic E-state index is 11.6. The zero-order valence-electron chi connectivity index (χ0n) is 11.0. The minimum Gasteiger partial charge on any atom is -0.496 e. The van der Waals surface area contributed by atoms with E-state index in [1.165, 1.54) is 6.21 Å². The number of nitrogen functional groups attached to an aromatic ring is 1. The van der Waals surface area contributed by atoms with Crippen molar-refractivity contribution >= 4 is 34.0 Å². The van der Waals surface area contributed by atoms with Crippen LogP contribution in [-0.2, 0) is 11.3 Å². The van der Waals surface area contributed by atoms with Gasteiger partial charge in [0.2, 0.25) is 0 Å². The monoisotopic (exact) mass is 353 g/mol. The fourth-order valence-electron chi connectivity index (χ4n) is 1.47. The number of anilines is 1. The fraction of sp³-hybridized carbons (Fsp3) is 0.182. The third-order valence-corrected chi connectivity index (χ3v) is 2.83. The molecule has 1 amide bonds. The lowest BCUT2D eigenvalue weighted by Crippen LogP contribution is -2.24. The fourth-order valence-corrected chi connectivity index (χ4v) is 1.85. The first-order valence-corrected chi connectivity index (χ1v) is 6.56. The van der Waals surface area contributed by atoms with E-state index in [9.17, 15) is 4.79 Å². The van der Waals surface area contributed by atoms with Gasteiger partial charge in [0.15, 0.2) is 0 Å². The summed E-state index contributed by atoms with van der Waals surface area (Å²) in [6, 6.07) is 5.44. The van der Waals surface area contributed by atoms with Crippen LogP contribution >= 0.6 is 15.9 Å². The van der Waals surface area contributed by atoms with E-state index in [-0.39, 0.29) is 12.5 Å². The number of nitrogens with one attached hydrogen (secondary N) is 1. The van der Waals surface area contributed by atoms with Gasteiger partial charge in [0.05, 0.1) is 13.3 Å². The lowest BCUT2D eigenvalue weighted by atomic mass is 10.2. The van der Waals surface area contributed by atoms with Gasteiger partial charge in [-0.15, -0.1) is 5.10 Å². The Morgan fingerprint density at radius 3 is 3.10 bits per heavy atom. The Bertz CT molecular complexity index is 670. The molecule has 1 aromatic heterocycles. The first-order valence-electron chi connectivity index (χ1n) is 5.77. The van der Waals surface area contributed by atoms with E-state index >= 15 is 0 Å². The summed E-state index contributed by atoms with van der Waals surface area (Å²) >= 11 is 3.35. The summed E-state index contributed by atoms with van der Waals surface area (Å²) in [4.78, 5) is 12.7. The number of hydrogen-bond acceptors (Lipinski definition) is 7. The molecule has 0 saturated heterocycles. The van der Waals surface area contributed by atoms with Crippen molar-refractivity contribution in [3.63, 3.8) is 0 Å². The van der Waals surface area contributed by atoms with Crippen molar-refractivity contribution in [1.29, 1.82) is 0 Å². The topological polar surface area (TPSA) is 120 Å². The van der Waals surface area contributed by atoms with E-state index in [4.69, 9.17) is 10.5 Å². The van der Waals surface area contributed by atoms with Gasteiger partial charge in [0, 0.05) is 10.0 Å². The second kappa shape index (κ2) is 6.79. The lowest BCUT2D eigenvalue weighted by molar-refractivity contribution is -0.122. The maximum absolute atomic E-state index is 11.6. The van der Waals surface area contributed by atoms with Crippen molar-refractivity contribution in [1.82, 2.24) is 25.6 Å². The average molecular weight is 354 g/mol. The molecule has 2 aromatic rings. The Kier molecular flexibility index (Phi) is 4.82. The molecular formula is C11H12BrN7O2. The zero-order chi connectivity index (χ0) is 15.2. The van der Waals surface area contributed by atoms with Gasteiger partial charge in [0.1, 0.15) is 12.3 Å². The van der Waals surface area contributed by atoms with Gasteiger partial charge < -0.3 is 10.5 Å². The normalized spacial score (nSPS) is 10.8. The summed E-state index contributed by atoms with van der Waals surface area (Å²) < 4.78 is 6.06. The summed E-state index contributed by atoms with van der Waals surface area (Å²) in [5.41, 5.74) is 8.36. The van der Waals surface area contributed by atoms with Crippen molar-refractivity contribution in [2.24, 2.45) is 5.10 Å². The van der Waals surface area contributed by atoms with Crippen molar-refractivity contribution in [2.75, 3.05) is 12.8 Å². The zero-order valence-corrected chi connectivity index (χ0v) is 12.6. The third-order valence-electron chi connectivity index (χ3n) is 2.34. The van der Waals surface area contributed by atoms with Crippen LogP contribution in [0.4, 0.5) is 5.95 Å². The molecule has 0 aliphatic heterocycles. The second-order valence-electron chi connectivity index (χ2n) is 3.86. The minimum atomic E-state index is -0.405. The molecule has 10 heteroatoms. The van der Waals surface area contributed by atoms with Gasteiger partial charge in [-0.2, -0.15) is 9.90 Å². The van der Waals surface area contributed by atoms with E-state index in [0.717, 1.165) is 14.8 Å². The smallest absolute Gasteiger partial charge is 0.263 e. The molecule has 0 saturated carbocycles. The molecule has 0 aliphatic rings. The molecule has 0 spiro atoms. The summed E-state index contributed by atoms with van der Waals surface area (Å²) in [5, 5.41) is 14.6. The van der Waals surface area contributed by atoms with E-state index < -0.39 is 5.91 Å². The number of tetrazole rings is 1. The van der Waals surface area contributed by atoms with Crippen LogP contribution in [0.1, 0.15) is 5.56 Å². The number of rotatable bonds is 5. The molecule has 21 heavy (non-hydrogen) atoms. The molecule has 1 heterocycles. The number of hydrogen-bond donors (Lipinski definition) is 2. The van der Waals surface area contributed by atoms with Crippen LogP contribution in [0.5, 0.6) is 5.75 Å². The molecule has 1 aromatic carbocycles. The van der Waals surface area contributed by atoms with Crippen molar-refractivity contribution in [2.45, 2.75) is 6.54 Å². The van der Waals surface area contributed by atoms with Gasteiger partial charge in [-0.05, 0) is 23.4 Å². The highest BCUT2D eigenvalue weighted by Gasteiger charge is 2.05. The average Bonchev–Trinajstić information content (AvgIpc) is 2.84. The highest BCUT2D eigenvalue weighted by atomic mass is 79.9. The number of nitrogens with zero attached hydrogens (tertiary/aromatic N) is 5. The molecule has 0 aliphatic carbocycles. The lowest BCUT2D eigenvalue weighted by Gasteiger charge is -2.04. The predicted octanol–water partition coefficient (Wildman–Crippen LogP) is 0.177. The highest BCUT2D eigenvalue weighted by molar-refractivity contribution is 9.10. The van der Waals surface area contributed by atoms with Crippen LogP contribution in [0, 0.1) is 0 Å². The van der Waals surface area contributed by atoms with E-state index in [1.807, 2.05) is 12.1 Å². The van der Waals surface area contributed by atoms with Crippen LogP contribution in [0.15, 0.2) is 27.8 Å². The summed E-state index contributed by atoms with van der Waals surface area (Å²) in [6.07, 6.45) is 1.48. The molecular weight excluding hydrogens is 342 g/mol. The number of nitrogens with two attached hydrogens (primary N) is 1. The number of hydrazone groups is 1. The Hall–Kier alpha value is -2.49. The Morgan fingerprint density at radius 1 is 1.62 bits per heavy atom. The summed E-state index contributed by atoms with van der Waals surface area (Å²) in [5.74, 6) is 0.240. The standard InChI is InChI=1S/C11H12BrN7O2/c1-21-9-3-2-8(12)4-7(9)5-14-15-10(20)6-19-17-11(13)16-18-19/h2-5H,6H2,1H3,(H2,13,17)(H,15,20)/b14-5-. The highest BCUT2D eigenvalue weighted by Crippen LogP contribution is 2.21. The van der Waals surface area contributed by atoms with E-state index in [0.29, 0.717) is 5.75 Å². The number of halogens is 1. The van der Waals surface area contributed by atoms with E-state index in [1.54, 1.807) is 13.2 Å². The van der Waals surface area contributed by atoms with Crippen molar-refractivity contribution < 1.29 is 9.53 Å². The molecule has 0 radical (unpaired) electrons. The van der Waals surface area contributed by atoms with Crippen LogP contribution in [-0.4, -0.2) is 39.4 Å². The number of carbonyl (C=O) groups excluding carboxylic acids is 1. The Morgan fingerprint density at radius 2 is 2.43 bits per heavy atom. The molecule has 9 nitrogen and oxygen atoms in total. The largest absolute Gasteiger partial charge is 0.496 e. The molecule has 0 fully saturated rings. The quantitative estimate of drug-likeness (QED) is 0.584. The van der Waals surface area contributed by atoms with Gasteiger partial charge in [-0.1, -0.05) is 21.0 Å². The molecule has 2 rings (SSSR count). The van der Waals surface area contributed by atoms with Crippen LogP contribution in [0.2, 0.25) is 0 Å². The third kappa shape index (κ3) is 4.24. The van der Waals surface area contributed by atoms with E-state index in [2.05, 4.69) is 41.9 Å². The molecule has 0 bridgehead atoms. The predicted molar refractivity (Wildman–Crippen MR) is 78.7 cm³/mol. The SMILES string of the molecule is COc1ccc(Br)cc1/C=N\NC(=O)Cn1nnc(N)n1. The first-order chi connectivity index (χ1) is 10.1. The number of carbonyl (C=O) groups is 1. The van der Waals surface area contributed by atoms with Gasteiger partial charge in [0.25, 0.3) is 11.9 Å². The Balaban J connectivity index is 1.95. The first kappa shape index (κ1) is 14.9. The molecule has 3 N–H and O–H groups in total. The molecule has 0 unspecified atom stereocenters. The molecule has 0 atom stereocenters. The Labute approximate surface area is 128 Å². The molecule has 110 valence electrons. The van der Waals surface area contributed by atoms with Crippen molar-refractivity contribution in [3.8, 4) is 5.75 Å². The van der Waals surface area contributed by atoms with Gasteiger partial charge >= 0.3 is 0 Å². The summed E-state index contributed by atoms with van der Waals surface area (Å²) in [7, 11) is 1.56. The van der Waals surface area contributed by atoms with Crippen LogP contribution in [0.25, 0.3) is 0 Å². The van der Waals surface area contributed by atoms with Crippen LogP contribution in [0.3, 0.4) is 0 Å². The van der Waals surface area contributed by atoms with Gasteiger partial charge in [-0.3, -0.25) is 4.79 Å². The number of amides is 1. The number of ether oxygens (including phenoxy) is 1. The second-order valence-corrected chi connectivity index (χ2v) is 4.77. The van der Waals surface area contributed by atoms with Crippen LogP contribution < -0.4 is 15.9 Å². The van der Waals surface area contributed by atoms with Gasteiger partial charge in [-0.25, -0.2) is 5.43 Å². The van der Waals surface area contributed by atoms with Crippen molar-refractivity contribution in [3.05, 3.63) is 28.2 Å². The maximum Gasteiger partial charge on any atom is 0.263 e. The number of benzene rings is 1. The summed E-state index contributed by atoms with van der Waals surface area (Å²) in [6.45, 7) is -0.128.